The van der Waals surface area contributed by atoms with Gasteiger partial charge in [0.15, 0.2) is 0 Å². The van der Waals surface area contributed by atoms with Gasteiger partial charge in [0.05, 0.1) is 0 Å². The molecule has 1 aliphatic rings. The minimum Gasteiger partial charge on any atom is -0.480 e. The third kappa shape index (κ3) is 2.62. The number of carbonyl (C=O) groups excluding carboxylic acids is 1. The van der Waals surface area contributed by atoms with Crippen LogP contribution in [0.15, 0.2) is 40.1 Å². The average Bonchev–Trinajstić information content (AvgIpc) is 2.56. The van der Waals surface area contributed by atoms with Gasteiger partial charge in [0, 0.05) is 26.2 Å². The highest BCUT2D eigenvalue weighted by atomic mass is 16.4. The molecule has 8 nitrogen and oxygen atoms in total. The fourth-order valence-electron chi connectivity index (χ4n) is 2.83. The maximum Gasteiger partial charge on any atom is 0.328 e. The van der Waals surface area contributed by atoms with Crippen molar-refractivity contribution in [2.24, 2.45) is 7.05 Å². The lowest BCUT2D eigenvalue weighted by molar-refractivity contribution is -0.142. The van der Waals surface area contributed by atoms with Gasteiger partial charge in [-0.2, -0.15) is 0 Å². The number of carboxylic acid groups (broad SMARTS) is 1. The number of carboxylic acids is 1. The van der Waals surface area contributed by atoms with Crippen molar-refractivity contribution in [2.45, 2.75) is 19.0 Å². The Balaban J connectivity index is 2.05. The predicted octanol–water partition coefficient (Wildman–Crippen LogP) is -0.275. The number of carbonyl (C=O) groups is 2. The van der Waals surface area contributed by atoms with Crippen molar-refractivity contribution in [2.75, 3.05) is 0 Å². The average molecular weight is 329 g/mol. The van der Waals surface area contributed by atoms with E-state index in [-0.39, 0.29) is 18.5 Å². The van der Waals surface area contributed by atoms with Gasteiger partial charge in [-0.3, -0.25) is 14.6 Å². The second-order valence-electron chi connectivity index (χ2n) is 5.67. The minimum absolute atomic E-state index is 0.0915. The summed E-state index contributed by atoms with van der Waals surface area (Å²) in [4.78, 5) is 50.9. The molecule has 3 rings (SSSR count). The molecule has 0 radical (unpaired) electrons. The number of amides is 1. The van der Waals surface area contributed by atoms with E-state index in [0.29, 0.717) is 0 Å². The first-order chi connectivity index (χ1) is 11.4. The summed E-state index contributed by atoms with van der Waals surface area (Å²) in [6.07, 6.45) is 1.30. The van der Waals surface area contributed by atoms with Gasteiger partial charge >= 0.3 is 11.7 Å². The molecule has 0 aliphatic carbocycles. The van der Waals surface area contributed by atoms with Crippen LogP contribution in [0.2, 0.25) is 0 Å². The largest absolute Gasteiger partial charge is 0.480 e. The van der Waals surface area contributed by atoms with Gasteiger partial charge in [-0.15, -0.1) is 0 Å². The molecule has 1 amide bonds. The summed E-state index contributed by atoms with van der Waals surface area (Å²) >= 11 is 0. The highest BCUT2D eigenvalue weighted by Gasteiger charge is 2.35. The van der Waals surface area contributed by atoms with E-state index in [1.807, 2.05) is 29.2 Å². The second-order valence-corrected chi connectivity index (χ2v) is 5.67. The normalized spacial score (nSPS) is 16.5. The van der Waals surface area contributed by atoms with Gasteiger partial charge in [-0.05, 0) is 11.1 Å². The monoisotopic (exact) mass is 329 g/mol. The number of aromatic nitrogens is 2. The molecule has 24 heavy (non-hydrogen) atoms. The van der Waals surface area contributed by atoms with Crippen LogP contribution in [0.3, 0.4) is 0 Å². The van der Waals surface area contributed by atoms with Crippen molar-refractivity contribution in [1.82, 2.24) is 14.5 Å². The van der Waals surface area contributed by atoms with Crippen molar-refractivity contribution < 1.29 is 14.7 Å². The molecule has 1 atom stereocenters. The molecule has 0 saturated carbocycles. The SMILES string of the molecule is Cn1cc(C(=O)N2Cc3ccccc3C[C@@H]2C(=O)O)c(=O)[nH]c1=O. The Labute approximate surface area is 136 Å². The number of aryl methyl sites for hydroxylation is 1. The van der Waals surface area contributed by atoms with Crippen molar-refractivity contribution in [3.63, 3.8) is 0 Å². The summed E-state index contributed by atoms with van der Waals surface area (Å²) in [7, 11) is 1.40. The van der Waals surface area contributed by atoms with Crippen molar-refractivity contribution >= 4 is 11.9 Å². The first-order valence-corrected chi connectivity index (χ1v) is 7.29. The highest BCUT2D eigenvalue weighted by molar-refractivity contribution is 5.96. The van der Waals surface area contributed by atoms with E-state index in [0.717, 1.165) is 26.8 Å². The van der Waals surface area contributed by atoms with Crippen molar-refractivity contribution in [3.05, 3.63) is 68.0 Å². The van der Waals surface area contributed by atoms with Gasteiger partial charge in [0.25, 0.3) is 11.5 Å². The van der Waals surface area contributed by atoms with Gasteiger partial charge in [-0.1, -0.05) is 24.3 Å². The first kappa shape index (κ1) is 15.7. The number of benzene rings is 1. The zero-order valence-electron chi connectivity index (χ0n) is 12.9. The van der Waals surface area contributed by atoms with E-state index in [1.54, 1.807) is 0 Å². The minimum atomic E-state index is -1.14. The molecule has 0 fully saturated rings. The van der Waals surface area contributed by atoms with Gasteiger partial charge in [0.2, 0.25) is 0 Å². The summed E-state index contributed by atoms with van der Waals surface area (Å²) in [6, 6.07) is 6.20. The summed E-state index contributed by atoms with van der Waals surface area (Å²) in [5, 5.41) is 9.46. The number of rotatable bonds is 2. The summed E-state index contributed by atoms with van der Waals surface area (Å²) in [5.74, 6) is -1.85. The van der Waals surface area contributed by atoms with Crippen LogP contribution in [-0.2, 0) is 24.8 Å². The van der Waals surface area contributed by atoms with E-state index in [9.17, 15) is 24.3 Å². The van der Waals surface area contributed by atoms with E-state index in [2.05, 4.69) is 0 Å². The topological polar surface area (TPSA) is 112 Å². The molecule has 0 spiro atoms. The van der Waals surface area contributed by atoms with Crippen LogP contribution in [0.5, 0.6) is 0 Å². The molecular weight excluding hydrogens is 314 g/mol. The van der Waals surface area contributed by atoms with Gasteiger partial charge in [-0.25, -0.2) is 9.59 Å². The molecule has 2 heterocycles. The molecule has 1 aromatic heterocycles. The zero-order chi connectivity index (χ0) is 17.4. The fraction of sp³-hybridized carbons (Fsp3) is 0.250. The highest BCUT2D eigenvalue weighted by Crippen LogP contribution is 2.24. The fourth-order valence-corrected chi connectivity index (χ4v) is 2.83. The number of fused-ring (bicyclic) bond motifs is 1. The first-order valence-electron chi connectivity index (χ1n) is 7.29. The Morgan fingerprint density at radius 3 is 2.54 bits per heavy atom. The number of nitrogens with one attached hydrogen (secondary N) is 1. The molecule has 8 heteroatoms. The number of hydrogen-bond acceptors (Lipinski definition) is 4. The smallest absolute Gasteiger partial charge is 0.328 e. The molecule has 1 aliphatic heterocycles. The standard InChI is InChI=1S/C16H15N3O5/c1-18-8-11(13(20)17-16(18)24)14(21)19-7-10-5-3-2-4-9(10)6-12(19)15(22)23/h2-5,8,12H,6-7H2,1H3,(H,22,23)(H,17,20,24)/t12-/m1/s1. The predicted molar refractivity (Wildman–Crippen MR) is 83.7 cm³/mol. The summed E-state index contributed by atoms with van der Waals surface area (Å²) in [6.45, 7) is 0.0915. The van der Waals surface area contributed by atoms with Crippen LogP contribution >= 0.6 is 0 Å². The van der Waals surface area contributed by atoms with Crippen molar-refractivity contribution in [1.29, 1.82) is 0 Å². The molecule has 124 valence electrons. The Hall–Kier alpha value is -3.16. The molecular formula is C16H15N3O5. The Morgan fingerprint density at radius 2 is 1.88 bits per heavy atom. The molecule has 1 aromatic carbocycles. The zero-order valence-corrected chi connectivity index (χ0v) is 12.9. The third-order valence-electron chi connectivity index (χ3n) is 4.13. The van der Waals surface area contributed by atoms with E-state index in [1.165, 1.54) is 7.05 Å². The molecule has 2 aromatic rings. The van der Waals surface area contributed by atoms with Crippen LogP contribution in [0, 0.1) is 0 Å². The van der Waals surface area contributed by atoms with Crippen LogP contribution < -0.4 is 11.2 Å². The lowest BCUT2D eigenvalue weighted by atomic mass is 9.93. The number of aromatic amines is 1. The maximum absolute atomic E-state index is 12.7. The second kappa shape index (κ2) is 5.80. The van der Waals surface area contributed by atoms with Crippen LogP contribution in [0.1, 0.15) is 21.5 Å². The van der Waals surface area contributed by atoms with E-state index in [4.69, 9.17) is 0 Å². The van der Waals surface area contributed by atoms with Gasteiger partial charge < -0.3 is 14.6 Å². The number of nitrogens with zero attached hydrogens (tertiary/aromatic N) is 2. The van der Waals surface area contributed by atoms with Crippen LogP contribution in [0.4, 0.5) is 0 Å². The summed E-state index contributed by atoms with van der Waals surface area (Å²) in [5.41, 5.74) is -0.0305. The van der Waals surface area contributed by atoms with Crippen LogP contribution in [-0.4, -0.2) is 37.5 Å². The molecule has 0 saturated heterocycles. The molecule has 0 bridgehead atoms. The lowest BCUT2D eigenvalue weighted by Crippen LogP contribution is -2.50. The lowest BCUT2D eigenvalue weighted by Gasteiger charge is -2.34. The Bertz CT molecular complexity index is 943. The molecule has 0 unspecified atom stereocenters. The Morgan fingerprint density at radius 1 is 1.21 bits per heavy atom. The van der Waals surface area contributed by atoms with E-state index < -0.39 is 29.2 Å². The Kier molecular flexibility index (Phi) is 3.80. The number of H-pyrrole nitrogens is 1. The maximum atomic E-state index is 12.7. The molecule has 2 N–H and O–H groups in total. The van der Waals surface area contributed by atoms with Gasteiger partial charge in [0.1, 0.15) is 11.6 Å². The number of hydrogen-bond donors (Lipinski definition) is 2. The number of aliphatic carboxylic acids is 1. The summed E-state index contributed by atoms with van der Waals surface area (Å²) < 4.78 is 1.07. The van der Waals surface area contributed by atoms with Crippen molar-refractivity contribution in [3.8, 4) is 0 Å². The quantitative estimate of drug-likeness (QED) is 0.787. The third-order valence-corrected chi connectivity index (χ3v) is 4.13. The van der Waals surface area contributed by atoms with Crippen LogP contribution in [0.25, 0.3) is 0 Å². The van der Waals surface area contributed by atoms with E-state index >= 15 is 0 Å².